The number of hydrogen-bond acceptors (Lipinski definition) is 11. The van der Waals surface area contributed by atoms with Gasteiger partial charge in [0, 0.05) is 61.0 Å². The molecule has 4 heterocycles. The van der Waals surface area contributed by atoms with Crippen LogP contribution in [0.5, 0.6) is 11.8 Å². The van der Waals surface area contributed by atoms with Gasteiger partial charge in [0.25, 0.3) is 0 Å². The smallest absolute Gasteiger partial charge is 0.237 e. The zero-order chi connectivity index (χ0) is 33.6. The molecule has 14 heteroatoms. The summed E-state index contributed by atoms with van der Waals surface area (Å²) in [6, 6.07) is 11.2. The molecule has 2 saturated heterocycles. The molecule has 0 saturated carbocycles. The van der Waals surface area contributed by atoms with Crippen LogP contribution in [0.4, 0.5) is 0 Å². The molecule has 0 spiro atoms. The lowest BCUT2D eigenvalue weighted by Crippen LogP contribution is -2.46. The second kappa shape index (κ2) is 15.5. The summed E-state index contributed by atoms with van der Waals surface area (Å²) in [5.74, 6) is 0.811. The lowest BCUT2D eigenvalue weighted by atomic mass is 9.98. The summed E-state index contributed by atoms with van der Waals surface area (Å²) in [4.78, 5) is 30.1. The van der Waals surface area contributed by atoms with Crippen LogP contribution in [-0.4, -0.2) is 83.1 Å². The van der Waals surface area contributed by atoms with Gasteiger partial charge in [-0.25, -0.2) is 9.97 Å². The molecule has 2 aromatic heterocycles. The van der Waals surface area contributed by atoms with E-state index < -0.39 is 6.10 Å². The summed E-state index contributed by atoms with van der Waals surface area (Å²) in [6.07, 6.45) is 4.77. The van der Waals surface area contributed by atoms with Gasteiger partial charge in [0.2, 0.25) is 17.7 Å². The number of methoxy groups -OCH3 is 2. The van der Waals surface area contributed by atoms with Gasteiger partial charge in [0.05, 0.1) is 66.8 Å². The maximum Gasteiger partial charge on any atom is 0.237 e. The number of benzene rings is 2. The average Bonchev–Trinajstić information content (AvgIpc) is 3.53. The number of amides is 1. The lowest BCUT2D eigenvalue weighted by Gasteiger charge is -2.28. The van der Waals surface area contributed by atoms with Crippen LogP contribution < -0.4 is 25.4 Å². The molecule has 48 heavy (non-hydrogen) atoms. The van der Waals surface area contributed by atoms with E-state index in [0.29, 0.717) is 113 Å². The van der Waals surface area contributed by atoms with Crippen molar-refractivity contribution in [2.24, 2.45) is 0 Å². The average molecular weight is 695 g/mol. The standard InChI is InChI=1S/C34H37Cl2N7O5/c1-46-33-26(14-37-13-19-9-10-30(45)41-19)38-15-24(42-33)22-7-3-5-20(31(22)35)21-6-4-8-23(32(21)36)25-16-39-27(34(43-25)47-2)17-40-28-18-48-12-11-29(28)44/h3-8,15-16,19,28-29,37,40,44H,9-14,17-18H2,1-2H3,(H,41,45)/t19-,28+,29+/m0/s1. The SMILES string of the molecule is COc1nc(-c2cccc(-c3cccc(-c4cnc(CN[C@@H]5COCC[C@H]5O)c(OC)n4)c3Cl)c2Cl)cnc1CNC[C@@H]1CCC(=O)N1. The van der Waals surface area contributed by atoms with E-state index in [2.05, 4.69) is 25.9 Å². The fourth-order valence-electron chi connectivity index (χ4n) is 5.84. The van der Waals surface area contributed by atoms with Gasteiger partial charge >= 0.3 is 0 Å². The van der Waals surface area contributed by atoms with Gasteiger partial charge in [0.15, 0.2) is 0 Å². The monoisotopic (exact) mass is 693 g/mol. The van der Waals surface area contributed by atoms with Crippen molar-refractivity contribution in [1.29, 1.82) is 0 Å². The molecule has 2 aliphatic heterocycles. The summed E-state index contributed by atoms with van der Waals surface area (Å²) >= 11 is 14.1. The van der Waals surface area contributed by atoms with Crippen molar-refractivity contribution in [2.75, 3.05) is 34.0 Å². The first-order chi connectivity index (χ1) is 23.4. The van der Waals surface area contributed by atoms with Crippen LogP contribution in [0.1, 0.15) is 30.7 Å². The van der Waals surface area contributed by atoms with Gasteiger partial charge in [-0.05, 0) is 12.8 Å². The van der Waals surface area contributed by atoms with Crippen molar-refractivity contribution in [1.82, 2.24) is 35.9 Å². The number of carbonyl (C=O) groups excluding carboxylic acids is 1. The van der Waals surface area contributed by atoms with Gasteiger partial charge in [0.1, 0.15) is 11.4 Å². The topological polar surface area (TPSA) is 153 Å². The normalized spacial score (nSPS) is 19.3. The molecule has 2 fully saturated rings. The van der Waals surface area contributed by atoms with Gasteiger partial charge in [-0.3, -0.25) is 14.8 Å². The highest BCUT2D eigenvalue weighted by Gasteiger charge is 2.25. The molecule has 4 aromatic rings. The van der Waals surface area contributed by atoms with Crippen LogP contribution >= 0.6 is 23.2 Å². The number of halogens is 2. The first-order valence-electron chi connectivity index (χ1n) is 15.7. The maximum atomic E-state index is 11.5. The van der Waals surface area contributed by atoms with Crippen LogP contribution in [0.3, 0.4) is 0 Å². The van der Waals surface area contributed by atoms with Crippen LogP contribution in [0.2, 0.25) is 10.0 Å². The highest BCUT2D eigenvalue weighted by atomic mass is 35.5. The third-order valence-corrected chi connectivity index (χ3v) is 9.28. The summed E-state index contributed by atoms with van der Waals surface area (Å²) in [6.45, 7) is 2.39. The third kappa shape index (κ3) is 7.54. The van der Waals surface area contributed by atoms with Crippen LogP contribution in [0.25, 0.3) is 33.6 Å². The quantitative estimate of drug-likeness (QED) is 0.169. The van der Waals surface area contributed by atoms with Crippen molar-refractivity contribution >= 4 is 29.1 Å². The van der Waals surface area contributed by atoms with E-state index in [1.807, 2.05) is 36.4 Å². The largest absolute Gasteiger partial charge is 0.480 e. The van der Waals surface area contributed by atoms with E-state index in [1.54, 1.807) is 19.5 Å². The Morgan fingerprint density at radius 3 is 2.02 bits per heavy atom. The van der Waals surface area contributed by atoms with Gasteiger partial charge in [-0.2, -0.15) is 0 Å². The molecule has 6 rings (SSSR count). The maximum absolute atomic E-state index is 11.5. The third-order valence-electron chi connectivity index (χ3n) is 8.47. The number of ether oxygens (including phenoxy) is 3. The Morgan fingerprint density at radius 2 is 1.48 bits per heavy atom. The molecular weight excluding hydrogens is 657 g/mol. The highest BCUT2D eigenvalue weighted by Crippen LogP contribution is 2.42. The molecule has 0 aliphatic carbocycles. The number of nitrogens with one attached hydrogen (secondary N) is 3. The van der Waals surface area contributed by atoms with Crippen molar-refractivity contribution < 1.29 is 24.1 Å². The Labute approximate surface area is 288 Å². The number of aliphatic hydroxyl groups excluding tert-OH is 1. The van der Waals surface area contributed by atoms with Crippen molar-refractivity contribution in [3.8, 4) is 45.4 Å². The van der Waals surface area contributed by atoms with E-state index in [4.69, 9.17) is 47.4 Å². The second-order valence-electron chi connectivity index (χ2n) is 11.6. The van der Waals surface area contributed by atoms with Gasteiger partial charge < -0.3 is 35.3 Å². The molecule has 0 radical (unpaired) electrons. The van der Waals surface area contributed by atoms with Gasteiger partial charge in [-0.1, -0.05) is 59.6 Å². The number of aromatic nitrogens is 4. The summed E-state index contributed by atoms with van der Waals surface area (Å²) in [7, 11) is 3.09. The Bertz CT molecular complexity index is 1780. The van der Waals surface area contributed by atoms with E-state index in [1.165, 1.54) is 7.11 Å². The number of hydrogen-bond donors (Lipinski definition) is 4. The number of rotatable bonds is 12. The zero-order valence-electron chi connectivity index (χ0n) is 26.6. The van der Waals surface area contributed by atoms with E-state index in [0.717, 1.165) is 6.42 Å². The first-order valence-corrected chi connectivity index (χ1v) is 16.5. The number of nitrogens with zero attached hydrogens (tertiary/aromatic N) is 4. The minimum Gasteiger partial charge on any atom is -0.480 e. The summed E-state index contributed by atoms with van der Waals surface area (Å²) < 4.78 is 16.6. The molecule has 12 nitrogen and oxygen atoms in total. The number of aliphatic hydroxyl groups is 1. The Kier molecular flexibility index (Phi) is 11.0. The zero-order valence-corrected chi connectivity index (χ0v) is 28.1. The fraction of sp³-hybridized carbons (Fsp3) is 0.382. The van der Waals surface area contributed by atoms with Crippen molar-refractivity contribution in [3.05, 3.63) is 70.2 Å². The van der Waals surface area contributed by atoms with Crippen molar-refractivity contribution in [3.63, 3.8) is 0 Å². The lowest BCUT2D eigenvalue weighted by molar-refractivity contribution is -0.119. The summed E-state index contributed by atoms with van der Waals surface area (Å²) in [5, 5.41) is 20.7. The number of carbonyl (C=O) groups is 1. The molecule has 2 aromatic carbocycles. The molecule has 2 aliphatic rings. The van der Waals surface area contributed by atoms with E-state index in [-0.39, 0.29) is 18.0 Å². The molecule has 3 atom stereocenters. The molecular formula is C34H37Cl2N7O5. The Morgan fingerprint density at radius 1 is 0.896 bits per heavy atom. The minimum absolute atomic E-state index is 0.0792. The molecule has 0 unspecified atom stereocenters. The highest BCUT2D eigenvalue weighted by molar-refractivity contribution is 6.39. The predicted molar refractivity (Wildman–Crippen MR) is 182 cm³/mol. The Hall–Kier alpha value is -3.91. The molecule has 252 valence electrons. The molecule has 0 bridgehead atoms. The Balaban J connectivity index is 1.22. The van der Waals surface area contributed by atoms with E-state index >= 15 is 0 Å². The summed E-state index contributed by atoms with van der Waals surface area (Å²) in [5.41, 5.74) is 5.07. The molecule has 4 N–H and O–H groups in total. The minimum atomic E-state index is -0.488. The predicted octanol–water partition coefficient (Wildman–Crippen LogP) is 4.20. The molecule has 1 amide bonds. The van der Waals surface area contributed by atoms with Crippen molar-refractivity contribution in [2.45, 2.75) is 50.5 Å². The van der Waals surface area contributed by atoms with Crippen LogP contribution in [0.15, 0.2) is 48.8 Å². The van der Waals surface area contributed by atoms with E-state index in [9.17, 15) is 9.90 Å². The fourth-order valence-corrected chi connectivity index (χ4v) is 6.49. The van der Waals surface area contributed by atoms with Gasteiger partial charge in [-0.15, -0.1) is 0 Å². The first kappa shape index (κ1) is 34.0. The van der Waals surface area contributed by atoms with Crippen LogP contribution in [-0.2, 0) is 22.6 Å². The second-order valence-corrected chi connectivity index (χ2v) is 12.4. The van der Waals surface area contributed by atoms with Crippen LogP contribution in [0, 0.1) is 0 Å².